The second kappa shape index (κ2) is 4.68. The molecule has 7 heteroatoms. The average molecular weight is 271 g/mol. The van der Waals surface area contributed by atoms with Gasteiger partial charge in [-0.15, -0.1) is 0 Å². The molecule has 0 fully saturated rings. The molecule has 0 radical (unpaired) electrons. The normalized spacial score (nSPS) is 22.7. The van der Waals surface area contributed by atoms with Crippen molar-refractivity contribution in [3.8, 4) is 0 Å². The molecule has 0 saturated heterocycles. The second-order valence-corrected chi connectivity index (χ2v) is 5.97. The van der Waals surface area contributed by atoms with Gasteiger partial charge in [-0.1, -0.05) is 24.3 Å². The van der Waals surface area contributed by atoms with Gasteiger partial charge in [-0.25, -0.2) is 13.1 Å². The van der Waals surface area contributed by atoms with Crippen LogP contribution < -0.4 is 4.72 Å². The van der Waals surface area contributed by atoms with E-state index in [1.165, 1.54) is 0 Å². The molecular formula is C11H13NO5S. The molecule has 2 rings (SSSR count). The van der Waals surface area contributed by atoms with Crippen molar-refractivity contribution < 1.29 is 23.4 Å². The van der Waals surface area contributed by atoms with E-state index in [-0.39, 0.29) is 0 Å². The number of hydrogen-bond acceptors (Lipinski definition) is 4. The molecule has 0 saturated carbocycles. The quantitative estimate of drug-likeness (QED) is 0.694. The fourth-order valence-electron chi connectivity index (χ4n) is 2.11. The minimum Gasteiger partial charge on any atom is -0.480 e. The molecule has 1 aromatic rings. The zero-order chi connectivity index (χ0) is 13.3. The van der Waals surface area contributed by atoms with Gasteiger partial charge >= 0.3 is 5.97 Å². The SMILES string of the molecule is O=C(O)CS(=O)(=O)NC1c2ccccc2CC1O. The molecule has 0 aromatic heterocycles. The molecule has 0 spiro atoms. The number of sulfonamides is 1. The van der Waals surface area contributed by atoms with Gasteiger partial charge in [0, 0.05) is 6.42 Å². The first-order chi connectivity index (χ1) is 8.39. The topological polar surface area (TPSA) is 104 Å². The highest BCUT2D eigenvalue weighted by Crippen LogP contribution is 2.31. The van der Waals surface area contributed by atoms with E-state index in [1.807, 2.05) is 6.07 Å². The largest absolute Gasteiger partial charge is 0.480 e. The Labute approximate surface area is 104 Å². The molecule has 0 amide bonds. The van der Waals surface area contributed by atoms with E-state index < -0.39 is 33.9 Å². The summed E-state index contributed by atoms with van der Waals surface area (Å²) in [7, 11) is -3.95. The van der Waals surface area contributed by atoms with Gasteiger partial charge in [-0.2, -0.15) is 0 Å². The highest BCUT2D eigenvalue weighted by atomic mass is 32.2. The Balaban J connectivity index is 2.22. The van der Waals surface area contributed by atoms with Gasteiger partial charge in [-0.05, 0) is 11.1 Å². The van der Waals surface area contributed by atoms with Crippen LogP contribution in [0.5, 0.6) is 0 Å². The van der Waals surface area contributed by atoms with E-state index in [4.69, 9.17) is 5.11 Å². The Hall–Kier alpha value is -1.44. The third-order valence-electron chi connectivity index (χ3n) is 2.82. The van der Waals surface area contributed by atoms with Crippen molar-refractivity contribution in [2.45, 2.75) is 18.6 Å². The van der Waals surface area contributed by atoms with Gasteiger partial charge in [0.15, 0.2) is 5.75 Å². The first-order valence-electron chi connectivity index (χ1n) is 5.37. The number of carboxylic acid groups (broad SMARTS) is 1. The maximum absolute atomic E-state index is 11.5. The summed E-state index contributed by atoms with van der Waals surface area (Å²) in [5.74, 6) is -2.43. The number of aliphatic hydroxyl groups excluding tert-OH is 1. The molecule has 0 bridgehead atoms. The molecule has 98 valence electrons. The Kier molecular flexibility index (Phi) is 3.38. The first kappa shape index (κ1) is 13.0. The van der Waals surface area contributed by atoms with Crippen molar-refractivity contribution in [3.63, 3.8) is 0 Å². The summed E-state index contributed by atoms with van der Waals surface area (Å²) in [5, 5.41) is 18.3. The van der Waals surface area contributed by atoms with E-state index >= 15 is 0 Å². The summed E-state index contributed by atoms with van der Waals surface area (Å²) in [5.41, 5.74) is 1.56. The van der Waals surface area contributed by atoms with Gasteiger partial charge in [0.2, 0.25) is 10.0 Å². The second-order valence-electron chi connectivity index (χ2n) is 4.22. The molecule has 1 aromatic carbocycles. The molecule has 18 heavy (non-hydrogen) atoms. The highest BCUT2D eigenvalue weighted by molar-refractivity contribution is 7.90. The van der Waals surface area contributed by atoms with Crippen LogP contribution in [0.2, 0.25) is 0 Å². The van der Waals surface area contributed by atoms with Crippen LogP contribution in [0.15, 0.2) is 24.3 Å². The van der Waals surface area contributed by atoms with Crippen molar-refractivity contribution in [3.05, 3.63) is 35.4 Å². The molecule has 0 heterocycles. The van der Waals surface area contributed by atoms with Crippen molar-refractivity contribution in [1.82, 2.24) is 4.72 Å². The highest BCUT2D eigenvalue weighted by Gasteiger charge is 2.34. The summed E-state index contributed by atoms with van der Waals surface area (Å²) < 4.78 is 25.3. The summed E-state index contributed by atoms with van der Waals surface area (Å²) in [6.07, 6.45) is -0.512. The maximum Gasteiger partial charge on any atom is 0.320 e. The summed E-state index contributed by atoms with van der Waals surface area (Å²) in [6.45, 7) is 0. The maximum atomic E-state index is 11.5. The molecule has 6 nitrogen and oxygen atoms in total. The Morgan fingerprint density at radius 3 is 2.72 bits per heavy atom. The van der Waals surface area contributed by atoms with Crippen LogP contribution in [0.4, 0.5) is 0 Å². The fourth-order valence-corrected chi connectivity index (χ4v) is 3.19. The minimum atomic E-state index is -3.95. The Morgan fingerprint density at radius 1 is 1.39 bits per heavy atom. The van der Waals surface area contributed by atoms with Gasteiger partial charge < -0.3 is 10.2 Å². The number of carboxylic acids is 1. The van der Waals surface area contributed by atoms with E-state index in [2.05, 4.69) is 4.72 Å². The van der Waals surface area contributed by atoms with Crippen molar-refractivity contribution >= 4 is 16.0 Å². The van der Waals surface area contributed by atoms with Crippen LogP contribution in [0.3, 0.4) is 0 Å². The number of carbonyl (C=O) groups is 1. The molecule has 3 N–H and O–H groups in total. The molecule has 1 aliphatic rings. The standard InChI is InChI=1S/C11H13NO5S/c13-9-5-7-3-1-2-4-8(7)11(9)12-18(16,17)6-10(14)15/h1-4,9,11-13H,5-6H2,(H,14,15). The molecule has 2 atom stereocenters. The fraction of sp³-hybridized carbons (Fsp3) is 0.364. The van der Waals surface area contributed by atoms with Crippen molar-refractivity contribution in [2.24, 2.45) is 0 Å². The first-order valence-corrected chi connectivity index (χ1v) is 7.02. The predicted molar refractivity (Wildman–Crippen MR) is 63.5 cm³/mol. The minimum absolute atomic E-state index is 0.358. The van der Waals surface area contributed by atoms with Gasteiger partial charge in [0.25, 0.3) is 0 Å². The molecular weight excluding hydrogens is 258 g/mol. The molecule has 2 unspecified atom stereocenters. The van der Waals surface area contributed by atoms with E-state index in [1.54, 1.807) is 18.2 Å². The molecule has 1 aliphatic carbocycles. The summed E-state index contributed by atoms with van der Waals surface area (Å²) in [6, 6.07) is 6.31. The predicted octanol–water partition coefficient (Wildman–Crippen LogP) is -0.351. The van der Waals surface area contributed by atoms with E-state index in [0.29, 0.717) is 12.0 Å². The van der Waals surface area contributed by atoms with Crippen LogP contribution >= 0.6 is 0 Å². The summed E-state index contributed by atoms with van der Waals surface area (Å²) >= 11 is 0. The van der Waals surface area contributed by atoms with Gasteiger partial charge in [0.1, 0.15) is 0 Å². The Morgan fingerprint density at radius 2 is 2.06 bits per heavy atom. The monoisotopic (exact) mass is 271 g/mol. The lowest BCUT2D eigenvalue weighted by Gasteiger charge is -2.17. The smallest absolute Gasteiger partial charge is 0.320 e. The average Bonchev–Trinajstić information content (AvgIpc) is 2.53. The summed E-state index contributed by atoms with van der Waals surface area (Å²) in [4.78, 5) is 10.4. The third kappa shape index (κ3) is 2.69. The third-order valence-corrected chi connectivity index (χ3v) is 4.06. The Bertz CT molecular complexity index is 569. The van der Waals surface area contributed by atoms with E-state index in [9.17, 15) is 18.3 Å². The number of aliphatic hydroxyl groups is 1. The molecule has 0 aliphatic heterocycles. The van der Waals surface area contributed by atoms with Crippen LogP contribution in [-0.4, -0.2) is 36.5 Å². The lowest BCUT2D eigenvalue weighted by Crippen LogP contribution is -2.37. The number of benzene rings is 1. The van der Waals surface area contributed by atoms with Crippen LogP contribution in [0.1, 0.15) is 17.2 Å². The zero-order valence-corrected chi connectivity index (χ0v) is 10.2. The zero-order valence-electron chi connectivity index (χ0n) is 9.41. The number of hydrogen-bond donors (Lipinski definition) is 3. The number of nitrogens with one attached hydrogen (secondary N) is 1. The van der Waals surface area contributed by atoms with E-state index in [0.717, 1.165) is 5.56 Å². The number of fused-ring (bicyclic) bond motifs is 1. The lowest BCUT2D eigenvalue weighted by molar-refractivity contribution is -0.134. The van der Waals surface area contributed by atoms with Crippen molar-refractivity contribution in [2.75, 3.05) is 5.75 Å². The van der Waals surface area contributed by atoms with Gasteiger partial charge in [0.05, 0.1) is 12.1 Å². The van der Waals surface area contributed by atoms with Crippen LogP contribution in [0.25, 0.3) is 0 Å². The number of rotatable bonds is 4. The number of aliphatic carboxylic acids is 1. The van der Waals surface area contributed by atoms with Crippen LogP contribution in [0, 0.1) is 0 Å². The van der Waals surface area contributed by atoms with Crippen molar-refractivity contribution in [1.29, 1.82) is 0 Å². The lowest BCUT2D eigenvalue weighted by atomic mass is 10.1. The van der Waals surface area contributed by atoms with Crippen LogP contribution in [-0.2, 0) is 21.2 Å². The van der Waals surface area contributed by atoms with Gasteiger partial charge in [-0.3, -0.25) is 4.79 Å².